The number of fused-ring (bicyclic) bond motifs is 3. The lowest BCUT2D eigenvalue weighted by molar-refractivity contribution is 0.0946. The van der Waals surface area contributed by atoms with Crippen LogP contribution >= 0.6 is 0 Å². The first-order valence-electron chi connectivity index (χ1n) is 9.21. The summed E-state index contributed by atoms with van der Waals surface area (Å²) in [5.74, 6) is -0.136. The highest BCUT2D eigenvalue weighted by Crippen LogP contribution is 2.24. The molecule has 1 aliphatic carbocycles. The Kier molecular flexibility index (Phi) is 4.37. The van der Waals surface area contributed by atoms with E-state index in [1.165, 1.54) is 18.4 Å². The number of H-pyrrole nitrogens is 1. The topological polar surface area (TPSA) is 66.9 Å². The summed E-state index contributed by atoms with van der Waals surface area (Å²) in [5, 5.41) is 4.49. The van der Waals surface area contributed by atoms with Crippen molar-refractivity contribution in [2.45, 2.75) is 32.1 Å². The third kappa shape index (κ3) is 2.94. The van der Waals surface area contributed by atoms with Gasteiger partial charge in [0.2, 0.25) is 0 Å². The molecule has 5 heteroatoms. The summed E-state index contributed by atoms with van der Waals surface area (Å²) in [5.41, 5.74) is 3.36. The number of aryl methyl sites for hydroxylation is 1. The van der Waals surface area contributed by atoms with E-state index in [4.69, 9.17) is 0 Å². The Morgan fingerprint density at radius 3 is 2.88 bits per heavy atom. The molecule has 0 unspecified atom stereocenters. The number of aromatic nitrogens is 2. The highest BCUT2D eigenvalue weighted by atomic mass is 16.2. The Balaban J connectivity index is 1.62. The molecule has 1 aromatic carbocycles. The van der Waals surface area contributed by atoms with Crippen LogP contribution in [-0.4, -0.2) is 22.0 Å². The molecule has 2 heterocycles. The number of allylic oxidation sites excluding steroid dienone is 1. The molecule has 5 nitrogen and oxygen atoms in total. The summed E-state index contributed by atoms with van der Waals surface area (Å²) in [4.78, 5) is 27.9. The Labute approximate surface area is 151 Å². The second kappa shape index (κ2) is 6.83. The average molecular weight is 349 g/mol. The van der Waals surface area contributed by atoms with E-state index in [9.17, 15) is 9.59 Å². The van der Waals surface area contributed by atoms with Crippen molar-refractivity contribution in [2.75, 3.05) is 6.54 Å². The summed E-state index contributed by atoms with van der Waals surface area (Å²) in [7, 11) is 1.84. The number of aromatic amines is 1. The number of pyridine rings is 1. The molecule has 0 saturated heterocycles. The number of para-hydroxylation sites is 1. The van der Waals surface area contributed by atoms with Crippen molar-refractivity contribution in [2.24, 2.45) is 7.05 Å². The standard InChI is InChI=1S/C21H23N3O2/c1-24-18(21(26)22-12-11-14-7-3-2-4-8-14)13-16-19(24)15-9-5-6-10-17(15)23-20(16)25/h5-7,9-10,13H,2-4,8,11-12H2,1H3,(H,22,26)(H,23,25). The molecule has 0 spiro atoms. The van der Waals surface area contributed by atoms with Gasteiger partial charge in [0.15, 0.2) is 0 Å². The van der Waals surface area contributed by atoms with Crippen LogP contribution < -0.4 is 10.9 Å². The van der Waals surface area contributed by atoms with Crippen molar-refractivity contribution in [3.8, 4) is 0 Å². The first-order chi connectivity index (χ1) is 12.6. The minimum Gasteiger partial charge on any atom is -0.350 e. The lowest BCUT2D eigenvalue weighted by Crippen LogP contribution is -2.26. The van der Waals surface area contributed by atoms with Gasteiger partial charge in [0.25, 0.3) is 11.5 Å². The van der Waals surface area contributed by atoms with E-state index in [1.807, 2.05) is 35.9 Å². The first-order valence-corrected chi connectivity index (χ1v) is 9.21. The molecule has 0 aliphatic heterocycles. The number of hydrogen-bond acceptors (Lipinski definition) is 2. The summed E-state index contributed by atoms with van der Waals surface area (Å²) in [6.07, 6.45) is 8.03. The average Bonchev–Trinajstić information content (AvgIpc) is 3.01. The maximum Gasteiger partial charge on any atom is 0.267 e. The van der Waals surface area contributed by atoms with Crippen molar-refractivity contribution in [1.82, 2.24) is 14.9 Å². The Morgan fingerprint density at radius 2 is 2.08 bits per heavy atom. The summed E-state index contributed by atoms with van der Waals surface area (Å²) in [6, 6.07) is 9.35. The summed E-state index contributed by atoms with van der Waals surface area (Å²) in [6.45, 7) is 0.628. The summed E-state index contributed by atoms with van der Waals surface area (Å²) < 4.78 is 1.82. The van der Waals surface area contributed by atoms with E-state index in [2.05, 4.69) is 16.4 Å². The number of benzene rings is 1. The van der Waals surface area contributed by atoms with E-state index in [0.29, 0.717) is 17.6 Å². The summed E-state index contributed by atoms with van der Waals surface area (Å²) >= 11 is 0. The van der Waals surface area contributed by atoms with Crippen molar-refractivity contribution in [3.63, 3.8) is 0 Å². The largest absolute Gasteiger partial charge is 0.350 e. The minimum atomic E-state index is -0.166. The van der Waals surface area contributed by atoms with Gasteiger partial charge in [0.1, 0.15) is 5.69 Å². The van der Waals surface area contributed by atoms with Gasteiger partial charge in [-0.25, -0.2) is 0 Å². The van der Waals surface area contributed by atoms with Crippen LogP contribution in [0.4, 0.5) is 0 Å². The van der Waals surface area contributed by atoms with Crippen LogP contribution in [0.15, 0.2) is 46.8 Å². The molecule has 2 N–H and O–H groups in total. The van der Waals surface area contributed by atoms with E-state index >= 15 is 0 Å². The fourth-order valence-corrected chi connectivity index (χ4v) is 3.87. The predicted octanol–water partition coefficient (Wildman–Crippen LogP) is 3.64. The van der Waals surface area contributed by atoms with E-state index in [0.717, 1.165) is 35.7 Å². The fourth-order valence-electron chi connectivity index (χ4n) is 3.87. The zero-order valence-corrected chi connectivity index (χ0v) is 15.0. The van der Waals surface area contributed by atoms with Gasteiger partial charge in [0, 0.05) is 19.0 Å². The second-order valence-corrected chi connectivity index (χ2v) is 6.96. The predicted molar refractivity (Wildman–Crippen MR) is 105 cm³/mol. The molecular formula is C21H23N3O2. The zero-order valence-electron chi connectivity index (χ0n) is 15.0. The van der Waals surface area contributed by atoms with E-state index in [1.54, 1.807) is 6.07 Å². The van der Waals surface area contributed by atoms with Gasteiger partial charge < -0.3 is 14.9 Å². The number of carbonyl (C=O) groups is 1. The molecule has 0 fully saturated rings. The normalized spacial score (nSPS) is 14.6. The highest BCUT2D eigenvalue weighted by molar-refractivity contribution is 6.07. The Morgan fingerprint density at radius 1 is 1.23 bits per heavy atom. The molecule has 0 saturated carbocycles. The molecule has 2 aromatic heterocycles. The van der Waals surface area contributed by atoms with E-state index in [-0.39, 0.29) is 11.5 Å². The fraction of sp³-hybridized carbons (Fsp3) is 0.333. The number of carbonyl (C=O) groups excluding carboxylic acids is 1. The molecule has 0 bridgehead atoms. The molecule has 0 atom stereocenters. The van der Waals surface area contributed by atoms with Gasteiger partial charge >= 0.3 is 0 Å². The zero-order chi connectivity index (χ0) is 18.1. The van der Waals surface area contributed by atoms with Crippen molar-refractivity contribution in [1.29, 1.82) is 0 Å². The van der Waals surface area contributed by atoms with Crippen LogP contribution in [0.1, 0.15) is 42.6 Å². The smallest absolute Gasteiger partial charge is 0.267 e. The molecule has 0 radical (unpaired) electrons. The van der Waals surface area contributed by atoms with Crippen molar-refractivity contribution < 1.29 is 4.79 Å². The SMILES string of the molecule is Cn1c(C(=O)NCCC2=CCCCC2)cc2c(=O)[nH]c3ccccc3c21. The van der Waals surface area contributed by atoms with Crippen molar-refractivity contribution in [3.05, 3.63) is 58.0 Å². The lowest BCUT2D eigenvalue weighted by Gasteiger charge is -2.13. The molecule has 1 aliphatic rings. The molecular weight excluding hydrogens is 326 g/mol. The number of nitrogens with one attached hydrogen (secondary N) is 2. The van der Waals surface area contributed by atoms with Gasteiger partial charge in [-0.15, -0.1) is 0 Å². The second-order valence-electron chi connectivity index (χ2n) is 6.96. The minimum absolute atomic E-state index is 0.136. The number of amides is 1. The number of rotatable bonds is 4. The molecule has 1 amide bonds. The maximum atomic E-state index is 12.7. The molecule has 4 rings (SSSR count). The number of hydrogen-bond donors (Lipinski definition) is 2. The highest BCUT2D eigenvalue weighted by Gasteiger charge is 2.17. The monoisotopic (exact) mass is 349 g/mol. The van der Waals surface area contributed by atoms with Gasteiger partial charge in [-0.3, -0.25) is 9.59 Å². The van der Waals surface area contributed by atoms with Gasteiger partial charge in [-0.2, -0.15) is 0 Å². The van der Waals surface area contributed by atoms with Crippen LogP contribution in [0.25, 0.3) is 21.8 Å². The third-order valence-electron chi connectivity index (χ3n) is 5.26. The van der Waals surface area contributed by atoms with Crippen LogP contribution in [0.5, 0.6) is 0 Å². The molecule has 26 heavy (non-hydrogen) atoms. The van der Waals surface area contributed by atoms with Crippen LogP contribution in [-0.2, 0) is 7.05 Å². The third-order valence-corrected chi connectivity index (χ3v) is 5.26. The van der Waals surface area contributed by atoms with Gasteiger partial charge in [0.05, 0.1) is 16.4 Å². The Bertz CT molecular complexity index is 1070. The van der Waals surface area contributed by atoms with Crippen LogP contribution in [0.2, 0.25) is 0 Å². The quantitative estimate of drug-likeness (QED) is 0.706. The van der Waals surface area contributed by atoms with Crippen LogP contribution in [0, 0.1) is 0 Å². The van der Waals surface area contributed by atoms with Crippen LogP contribution in [0.3, 0.4) is 0 Å². The van der Waals surface area contributed by atoms with Crippen molar-refractivity contribution >= 4 is 27.7 Å². The number of nitrogens with zero attached hydrogens (tertiary/aromatic N) is 1. The lowest BCUT2D eigenvalue weighted by atomic mass is 9.97. The van der Waals surface area contributed by atoms with Gasteiger partial charge in [-0.05, 0) is 44.2 Å². The Hall–Kier alpha value is -2.82. The molecule has 134 valence electrons. The maximum absolute atomic E-state index is 12.7. The molecule has 3 aromatic rings. The first kappa shape index (κ1) is 16.6. The van der Waals surface area contributed by atoms with Gasteiger partial charge in [-0.1, -0.05) is 29.8 Å². The van der Waals surface area contributed by atoms with E-state index < -0.39 is 0 Å².